The van der Waals surface area contributed by atoms with E-state index in [-0.39, 0.29) is 18.2 Å². The number of nitrogens with one attached hydrogen (secondary N) is 1. The van der Waals surface area contributed by atoms with Crippen LogP contribution in [0.5, 0.6) is 0 Å². The maximum atomic E-state index is 15.1. The zero-order valence-corrected chi connectivity index (χ0v) is 16.6. The SMILES string of the molecule is Cc1cc(F)c(C2c3c([nH]c4ccccc34)CC(C)N2CC(C)(C)F)c(F)c1. The fourth-order valence-electron chi connectivity index (χ4n) is 4.49. The van der Waals surface area contributed by atoms with Crippen LogP contribution in [0.3, 0.4) is 0 Å². The Morgan fingerprint density at radius 3 is 2.39 bits per heavy atom. The molecule has 2 heterocycles. The lowest BCUT2D eigenvalue weighted by molar-refractivity contribution is 0.0654. The molecule has 3 aromatic rings. The summed E-state index contributed by atoms with van der Waals surface area (Å²) in [6.45, 7) is 6.74. The number of nitrogens with zero attached hydrogens (tertiary/aromatic N) is 1. The Labute approximate surface area is 163 Å². The lowest BCUT2D eigenvalue weighted by Crippen LogP contribution is -2.48. The number of halogens is 3. The zero-order chi connectivity index (χ0) is 20.2. The summed E-state index contributed by atoms with van der Waals surface area (Å²) in [7, 11) is 0. The van der Waals surface area contributed by atoms with Crippen LogP contribution in [0.1, 0.15) is 49.2 Å². The van der Waals surface area contributed by atoms with Gasteiger partial charge in [0.15, 0.2) is 0 Å². The summed E-state index contributed by atoms with van der Waals surface area (Å²) >= 11 is 0. The molecule has 2 atom stereocenters. The number of aryl methyl sites for hydroxylation is 1. The molecule has 0 amide bonds. The summed E-state index contributed by atoms with van der Waals surface area (Å²) in [5, 5.41) is 0.926. The molecule has 0 bridgehead atoms. The van der Waals surface area contributed by atoms with Gasteiger partial charge in [-0.2, -0.15) is 0 Å². The molecular formula is C23H25F3N2. The molecule has 1 aliphatic heterocycles. The van der Waals surface area contributed by atoms with Crippen molar-refractivity contribution in [1.82, 2.24) is 9.88 Å². The topological polar surface area (TPSA) is 19.0 Å². The van der Waals surface area contributed by atoms with Gasteiger partial charge in [0, 0.05) is 46.7 Å². The van der Waals surface area contributed by atoms with Crippen molar-refractivity contribution in [1.29, 1.82) is 0 Å². The van der Waals surface area contributed by atoms with E-state index >= 15 is 8.78 Å². The van der Waals surface area contributed by atoms with Crippen molar-refractivity contribution in [3.8, 4) is 0 Å². The van der Waals surface area contributed by atoms with Crippen molar-refractivity contribution < 1.29 is 13.2 Å². The van der Waals surface area contributed by atoms with Crippen LogP contribution in [0.4, 0.5) is 13.2 Å². The highest BCUT2D eigenvalue weighted by molar-refractivity contribution is 5.86. The van der Waals surface area contributed by atoms with E-state index in [0.717, 1.165) is 22.2 Å². The minimum atomic E-state index is -1.49. The third kappa shape index (κ3) is 3.22. The number of alkyl halides is 1. The predicted octanol–water partition coefficient (Wildman–Crippen LogP) is 5.84. The van der Waals surface area contributed by atoms with Crippen LogP contribution in [-0.4, -0.2) is 28.1 Å². The second-order valence-electron chi connectivity index (χ2n) is 8.55. The molecule has 0 saturated heterocycles. The molecule has 0 fully saturated rings. The second-order valence-corrected chi connectivity index (χ2v) is 8.55. The summed E-state index contributed by atoms with van der Waals surface area (Å²) < 4.78 is 44.8. The Hall–Kier alpha value is -2.27. The molecular weight excluding hydrogens is 361 g/mol. The van der Waals surface area contributed by atoms with E-state index in [1.54, 1.807) is 6.92 Å². The summed E-state index contributed by atoms with van der Waals surface area (Å²) in [4.78, 5) is 5.32. The molecule has 1 aromatic heterocycles. The minimum absolute atomic E-state index is 0.00703. The number of rotatable bonds is 3. The number of aromatic nitrogens is 1. The Kier molecular flexibility index (Phi) is 4.53. The van der Waals surface area contributed by atoms with Gasteiger partial charge >= 0.3 is 0 Å². The average Bonchev–Trinajstić information content (AvgIpc) is 2.93. The molecule has 2 aromatic carbocycles. The highest BCUT2D eigenvalue weighted by Crippen LogP contribution is 2.44. The molecule has 28 heavy (non-hydrogen) atoms. The van der Waals surface area contributed by atoms with Gasteiger partial charge in [-0.3, -0.25) is 4.90 Å². The molecule has 0 spiro atoms. The number of hydrogen-bond donors (Lipinski definition) is 1. The number of fused-ring (bicyclic) bond motifs is 3. The Balaban J connectivity index is 2.00. The lowest BCUT2D eigenvalue weighted by Gasteiger charge is -2.43. The van der Waals surface area contributed by atoms with Gasteiger partial charge in [-0.1, -0.05) is 18.2 Å². The Morgan fingerprint density at radius 1 is 1.11 bits per heavy atom. The van der Waals surface area contributed by atoms with E-state index in [4.69, 9.17) is 0 Å². The first-order valence-electron chi connectivity index (χ1n) is 9.65. The first kappa shape index (κ1) is 19.1. The predicted molar refractivity (Wildman–Crippen MR) is 106 cm³/mol. The molecule has 0 saturated carbocycles. The third-order valence-corrected chi connectivity index (χ3v) is 5.55. The maximum Gasteiger partial charge on any atom is 0.131 e. The molecule has 5 heteroatoms. The van der Waals surface area contributed by atoms with Gasteiger partial charge in [0.2, 0.25) is 0 Å². The average molecular weight is 386 g/mol. The minimum Gasteiger partial charge on any atom is -0.358 e. The second kappa shape index (κ2) is 6.66. The van der Waals surface area contributed by atoms with E-state index < -0.39 is 23.3 Å². The van der Waals surface area contributed by atoms with Crippen LogP contribution in [0.2, 0.25) is 0 Å². The number of aromatic amines is 1. The van der Waals surface area contributed by atoms with E-state index in [1.807, 2.05) is 36.1 Å². The molecule has 0 aliphatic carbocycles. The number of H-pyrrole nitrogens is 1. The van der Waals surface area contributed by atoms with Crippen molar-refractivity contribution in [3.63, 3.8) is 0 Å². The van der Waals surface area contributed by atoms with Gasteiger partial charge in [-0.25, -0.2) is 13.2 Å². The molecule has 1 aliphatic rings. The highest BCUT2D eigenvalue weighted by Gasteiger charge is 2.40. The van der Waals surface area contributed by atoms with Crippen LogP contribution < -0.4 is 0 Å². The fraction of sp³-hybridized carbons (Fsp3) is 0.391. The van der Waals surface area contributed by atoms with Gasteiger partial charge < -0.3 is 4.98 Å². The van der Waals surface area contributed by atoms with Crippen LogP contribution in [-0.2, 0) is 6.42 Å². The van der Waals surface area contributed by atoms with Gasteiger partial charge in [0.25, 0.3) is 0 Å². The summed E-state index contributed by atoms with van der Waals surface area (Å²) in [5.74, 6) is -1.18. The number of hydrogen-bond acceptors (Lipinski definition) is 1. The standard InChI is InChI=1S/C23H25F3N2/c1-13-9-16(24)21(17(25)10-13)22-20-15-7-5-6-8-18(15)27-19(20)11-14(2)28(22)12-23(3,4)26/h5-10,14,22,27H,11-12H2,1-4H3. The number of para-hydroxylation sites is 1. The van der Waals surface area contributed by atoms with Crippen LogP contribution >= 0.6 is 0 Å². The largest absolute Gasteiger partial charge is 0.358 e. The first-order chi connectivity index (χ1) is 13.2. The summed E-state index contributed by atoms with van der Waals surface area (Å²) in [6.07, 6.45) is 0.672. The molecule has 2 nitrogen and oxygen atoms in total. The lowest BCUT2D eigenvalue weighted by atomic mass is 9.85. The van der Waals surface area contributed by atoms with Crippen molar-refractivity contribution in [2.45, 2.75) is 51.9 Å². The van der Waals surface area contributed by atoms with Gasteiger partial charge in [-0.05, 0) is 51.5 Å². The van der Waals surface area contributed by atoms with Crippen LogP contribution in [0, 0.1) is 18.6 Å². The van der Waals surface area contributed by atoms with Gasteiger partial charge in [-0.15, -0.1) is 0 Å². The van der Waals surface area contributed by atoms with Gasteiger partial charge in [0.1, 0.15) is 17.3 Å². The zero-order valence-electron chi connectivity index (χ0n) is 16.6. The van der Waals surface area contributed by atoms with Crippen LogP contribution in [0.25, 0.3) is 10.9 Å². The van der Waals surface area contributed by atoms with Crippen molar-refractivity contribution in [2.24, 2.45) is 0 Å². The van der Waals surface area contributed by atoms with E-state index in [1.165, 1.54) is 26.0 Å². The highest BCUT2D eigenvalue weighted by atomic mass is 19.1. The van der Waals surface area contributed by atoms with Crippen molar-refractivity contribution in [2.75, 3.05) is 6.54 Å². The monoisotopic (exact) mass is 386 g/mol. The summed E-state index contributed by atoms with van der Waals surface area (Å²) in [5.41, 5.74) is 1.77. The van der Waals surface area contributed by atoms with Crippen molar-refractivity contribution in [3.05, 3.63) is 70.4 Å². The maximum absolute atomic E-state index is 15.1. The van der Waals surface area contributed by atoms with E-state index in [0.29, 0.717) is 12.0 Å². The molecule has 148 valence electrons. The van der Waals surface area contributed by atoms with Gasteiger partial charge in [0.05, 0.1) is 6.04 Å². The quantitative estimate of drug-likeness (QED) is 0.599. The first-order valence-corrected chi connectivity index (χ1v) is 9.65. The molecule has 4 rings (SSSR count). The van der Waals surface area contributed by atoms with Crippen LogP contribution in [0.15, 0.2) is 36.4 Å². The third-order valence-electron chi connectivity index (χ3n) is 5.55. The molecule has 2 unspecified atom stereocenters. The summed E-state index contributed by atoms with van der Waals surface area (Å²) in [6, 6.07) is 9.70. The molecule has 0 radical (unpaired) electrons. The smallest absolute Gasteiger partial charge is 0.131 e. The normalized spacial score (nSPS) is 20.5. The Bertz CT molecular complexity index is 1010. The molecule has 1 N–H and O–H groups in total. The number of benzene rings is 2. The Morgan fingerprint density at radius 2 is 1.75 bits per heavy atom. The van der Waals surface area contributed by atoms with E-state index in [9.17, 15) is 4.39 Å². The van der Waals surface area contributed by atoms with Crippen molar-refractivity contribution >= 4 is 10.9 Å². The fourth-order valence-corrected chi connectivity index (χ4v) is 4.49. The van der Waals surface area contributed by atoms with E-state index in [2.05, 4.69) is 4.98 Å².